The first-order valence-corrected chi connectivity index (χ1v) is 14.0. The van der Waals surface area contributed by atoms with E-state index in [4.69, 9.17) is 14.4 Å². The standard InChI is InChI=1S/C37H28N2O/c1-21-16-23(3)36-31(17-21)32-19-22(2)18-30(37(32)40-36)26-12-4-7-13-27(26)33-20-38-34-28-14-8-5-10-24(28)25-11-6-9-15-29(25)35(34)39-33/h4-16,18-21H,17H2,1-3H3. The molecule has 0 amide bonds. The predicted molar refractivity (Wildman–Crippen MR) is 166 cm³/mol. The van der Waals surface area contributed by atoms with Crippen LogP contribution in [0.1, 0.15) is 30.7 Å². The molecule has 5 aromatic carbocycles. The maximum absolute atomic E-state index is 6.65. The molecule has 0 aliphatic heterocycles. The van der Waals surface area contributed by atoms with Gasteiger partial charge in [0.25, 0.3) is 0 Å². The van der Waals surface area contributed by atoms with Gasteiger partial charge in [-0.2, -0.15) is 0 Å². The molecule has 3 heteroatoms. The topological polar surface area (TPSA) is 38.9 Å². The number of aryl methyl sites for hydroxylation is 1. The average Bonchev–Trinajstić information content (AvgIpc) is 3.35. The van der Waals surface area contributed by atoms with Crippen molar-refractivity contribution in [3.05, 3.63) is 114 Å². The van der Waals surface area contributed by atoms with Crippen LogP contribution in [0.15, 0.2) is 102 Å². The summed E-state index contributed by atoms with van der Waals surface area (Å²) in [6.45, 7) is 6.62. The summed E-state index contributed by atoms with van der Waals surface area (Å²) >= 11 is 0. The molecule has 7 aromatic rings. The minimum absolute atomic E-state index is 0.503. The van der Waals surface area contributed by atoms with Crippen LogP contribution < -0.4 is 0 Å². The summed E-state index contributed by atoms with van der Waals surface area (Å²) in [6, 6.07) is 30.0. The number of nitrogens with zero attached hydrogens (tertiary/aromatic N) is 2. The number of rotatable bonds is 2. The molecule has 0 N–H and O–H groups in total. The van der Waals surface area contributed by atoms with Crippen molar-refractivity contribution in [2.45, 2.75) is 27.2 Å². The van der Waals surface area contributed by atoms with E-state index in [0.29, 0.717) is 5.92 Å². The number of furan rings is 1. The molecule has 8 rings (SSSR count). The summed E-state index contributed by atoms with van der Waals surface area (Å²) in [5, 5.41) is 5.88. The van der Waals surface area contributed by atoms with E-state index in [9.17, 15) is 0 Å². The SMILES string of the molecule is CC1=CC(C)Cc2c1oc1c(-c3ccccc3-c3cnc4c5ccccc5c5ccccc5c4n3)cc(C)cc21. The molecule has 0 spiro atoms. The molecule has 0 radical (unpaired) electrons. The molecule has 0 fully saturated rings. The number of fused-ring (bicyclic) bond motifs is 9. The van der Waals surface area contributed by atoms with Crippen LogP contribution in [0, 0.1) is 12.8 Å². The van der Waals surface area contributed by atoms with Gasteiger partial charge in [-0.15, -0.1) is 0 Å². The number of benzene rings is 5. The Morgan fingerprint density at radius 1 is 0.700 bits per heavy atom. The molecular formula is C37H28N2O. The summed E-state index contributed by atoms with van der Waals surface area (Å²) in [4.78, 5) is 10.3. The van der Waals surface area contributed by atoms with Gasteiger partial charge in [0.05, 0.1) is 22.9 Å². The summed E-state index contributed by atoms with van der Waals surface area (Å²) < 4.78 is 6.65. The van der Waals surface area contributed by atoms with Crippen molar-refractivity contribution in [3.63, 3.8) is 0 Å². The van der Waals surface area contributed by atoms with Crippen LogP contribution in [0.3, 0.4) is 0 Å². The van der Waals surface area contributed by atoms with Gasteiger partial charge in [-0.05, 0) is 65.8 Å². The van der Waals surface area contributed by atoms with E-state index in [1.807, 2.05) is 6.20 Å². The molecule has 1 atom stereocenters. The van der Waals surface area contributed by atoms with Crippen LogP contribution >= 0.6 is 0 Å². The minimum atomic E-state index is 0.503. The molecule has 192 valence electrons. The van der Waals surface area contributed by atoms with Crippen molar-refractivity contribution in [3.8, 4) is 22.4 Å². The van der Waals surface area contributed by atoms with Crippen LogP contribution in [-0.4, -0.2) is 9.97 Å². The molecule has 2 aromatic heterocycles. The largest absolute Gasteiger partial charge is 0.455 e. The Labute approximate surface area is 232 Å². The minimum Gasteiger partial charge on any atom is -0.455 e. The van der Waals surface area contributed by atoms with Gasteiger partial charge in [-0.1, -0.05) is 85.8 Å². The van der Waals surface area contributed by atoms with Gasteiger partial charge in [-0.25, -0.2) is 4.98 Å². The van der Waals surface area contributed by atoms with E-state index < -0.39 is 0 Å². The fourth-order valence-electron chi connectivity index (χ4n) is 6.69. The number of hydrogen-bond donors (Lipinski definition) is 0. The molecule has 3 nitrogen and oxygen atoms in total. The second-order valence-electron chi connectivity index (χ2n) is 11.2. The highest BCUT2D eigenvalue weighted by Crippen LogP contribution is 2.43. The molecule has 1 aliphatic carbocycles. The molecular weight excluding hydrogens is 488 g/mol. The summed E-state index contributed by atoms with van der Waals surface area (Å²) in [6.07, 6.45) is 5.25. The van der Waals surface area contributed by atoms with Gasteiger partial charge in [0, 0.05) is 32.8 Å². The lowest BCUT2D eigenvalue weighted by molar-refractivity contribution is 0.578. The first-order valence-electron chi connectivity index (χ1n) is 14.0. The van der Waals surface area contributed by atoms with E-state index in [2.05, 4.69) is 112 Å². The molecule has 0 saturated heterocycles. The predicted octanol–water partition coefficient (Wildman–Crippen LogP) is 9.92. The summed E-state index contributed by atoms with van der Waals surface area (Å²) in [5.41, 5.74) is 10.7. The van der Waals surface area contributed by atoms with Crippen LogP contribution in [0.2, 0.25) is 0 Å². The quantitative estimate of drug-likeness (QED) is 0.215. The van der Waals surface area contributed by atoms with Crippen molar-refractivity contribution >= 4 is 49.1 Å². The van der Waals surface area contributed by atoms with Gasteiger partial charge in [0.2, 0.25) is 0 Å². The maximum Gasteiger partial charge on any atom is 0.142 e. The highest BCUT2D eigenvalue weighted by atomic mass is 16.3. The molecule has 0 bridgehead atoms. The van der Waals surface area contributed by atoms with E-state index in [1.54, 1.807) is 0 Å². The van der Waals surface area contributed by atoms with Gasteiger partial charge < -0.3 is 4.42 Å². The third kappa shape index (κ3) is 3.37. The smallest absolute Gasteiger partial charge is 0.142 e. The van der Waals surface area contributed by atoms with E-state index >= 15 is 0 Å². The van der Waals surface area contributed by atoms with Gasteiger partial charge in [0.1, 0.15) is 11.3 Å². The fraction of sp³-hybridized carbons (Fsp3) is 0.135. The molecule has 1 aliphatic rings. The lowest BCUT2D eigenvalue weighted by atomic mass is 9.88. The second kappa shape index (κ2) is 8.62. The zero-order valence-electron chi connectivity index (χ0n) is 22.8. The Hall–Kier alpha value is -4.76. The molecule has 1 unspecified atom stereocenters. The van der Waals surface area contributed by atoms with Gasteiger partial charge in [-0.3, -0.25) is 4.98 Å². The van der Waals surface area contributed by atoms with E-state index in [0.717, 1.165) is 62.0 Å². The van der Waals surface area contributed by atoms with Crippen molar-refractivity contribution < 1.29 is 4.42 Å². The van der Waals surface area contributed by atoms with Crippen molar-refractivity contribution in [1.29, 1.82) is 0 Å². The first-order chi connectivity index (χ1) is 19.6. The third-order valence-electron chi connectivity index (χ3n) is 8.38. The Morgan fingerprint density at radius 3 is 2.10 bits per heavy atom. The zero-order chi connectivity index (χ0) is 27.0. The van der Waals surface area contributed by atoms with E-state index in [-0.39, 0.29) is 0 Å². The van der Waals surface area contributed by atoms with Crippen molar-refractivity contribution in [1.82, 2.24) is 9.97 Å². The normalized spacial score (nSPS) is 15.2. The van der Waals surface area contributed by atoms with E-state index in [1.165, 1.54) is 32.9 Å². The molecule has 40 heavy (non-hydrogen) atoms. The second-order valence-corrected chi connectivity index (χ2v) is 11.2. The van der Waals surface area contributed by atoms with Crippen molar-refractivity contribution in [2.75, 3.05) is 0 Å². The summed E-state index contributed by atoms with van der Waals surface area (Å²) in [7, 11) is 0. The fourth-order valence-corrected chi connectivity index (χ4v) is 6.69. The van der Waals surface area contributed by atoms with Crippen molar-refractivity contribution in [2.24, 2.45) is 5.92 Å². The number of aromatic nitrogens is 2. The highest BCUT2D eigenvalue weighted by molar-refractivity contribution is 6.23. The Bertz CT molecular complexity index is 2150. The average molecular weight is 517 g/mol. The van der Waals surface area contributed by atoms with Crippen LogP contribution in [0.4, 0.5) is 0 Å². The van der Waals surface area contributed by atoms with Gasteiger partial charge >= 0.3 is 0 Å². The van der Waals surface area contributed by atoms with Crippen LogP contribution in [-0.2, 0) is 6.42 Å². The Kier molecular flexibility index (Phi) is 4.99. The maximum atomic E-state index is 6.65. The molecule has 0 saturated carbocycles. The Morgan fingerprint density at radius 2 is 1.35 bits per heavy atom. The van der Waals surface area contributed by atoms with Gasteiger partial charge in [0.15, 0.2) is 0 Å². The van der Waals surface area contributed by atoms with Crippen LogP contribution in [0.25, 0.3) is 71.5 Å². The number of allylic oxidation sites excluding steroid dienone is 2. The lowest BCUT2D eigenvalue weighted by Gasteiger charge is -2.15. The lowest BCUT2D eigenvalue weighted by Crippen LogP contribution is -2.03. The summed E-state index contributed by atoms with van der Waals surface area (Å²) in [5.74, 6) is 1.53. The van der Waals surface area contributed by atoms with Crippen LogP contribution in [0.5, 0.6) is 0 Å². The first kappa shape index (κ1) is 23.2. The zero-order valence-corrected chi connectivity index (χ0v) is 22.8. The number of hydrogen-bond acceptors (Lipinski definition) is 3. The monoisotopic (exact) mass is 516 g/mol. The molecule has 2 heterocycles. The highest BCUT2D eigenvalue weighted by Gasteiger charge is 2.25. The Balaban J connectivity index is 1.40. The third-order valence-corrected chi connectivity index (χ3v) is 8.38.